The van der Waals surface area contributed by atoms with Crippen LogP contribution in [-0.2, 0) is 32.6 Å². The van der Waals surface area contributed by atoms with Crippen LogP contribution < -0.4 is 23.8 Å². The maximum Gasteiger partial charge on any atom is 0.264 e. The number of likely N-dealkylation sites (N-methyl/N-ethyl adjacent to an activating group) is 1. The standard InChI is InChI=1S/C34H35N3O7S/c1-35-34(39)30(21-25-10-5-3-6-11-25)36(23-26-12-9-13-28(20-26)42-2)33(38)24-37(45(40,41)29-14-7-4-8-15-29)27-16-17-31-32(22-27)44-19-18-43-31/h3-17,20,22,30H,18-19,21,23-24H2,1-2H3,(H,35,39)/t30-/m0/s1. The lowest BCUT2D eigenvalue weighted by Crippen LogP contribution is -2.53. The maximum absolute atomic E-state index is 14.5. The van der Waals surface area contributed by atoms with Crippen LogP contribution in [0, 0.1) is 0 Å². The molecule has 0 spiro atoms. The number of carbonyl (C=O) groups excluding carboxylic acids is 2. The third kappa shape index (κ3) is 7.38. The number of methoxy groups -OCH3 is 1. The molecule has 45 heavy (non-hydrogen) atoms. The van der Waals surface area contributed by atoms with Gasteiger partial charge in [0, 0.05) is 26.1 Å². The Morgan fingerprint density at radius 2 is 1.51 bits per heavy atom. The van der Waals surface area contributed by atoms with Gasteiger partial charge in [0.15, 0.2) is 11.5 Å². The van der Waals surface area contributed by atoms with Gasteiger partial charge in [0.1, 0.15) is 31.5 Å². The lowest BCUT2D eigenvalue weighted by Gasteiger charge is -2.34. The zero-order valence-electron chi connectivity index (χ0n) is 25.1. The summed E-state index contributed by atoms with van der Waals surface area (Å²) in [6.07, 6.45) is 0.214. The summed E-state index contributed by atoms with van der Waals surface area (Å²) < 4.78 is 46.1. The van der Waals surface area contributed by atoms with Gasteiger partial charge in [-0.05, 0) is 47.5 Å². The number of hydrogen-bond acceptors (Lipinski definition) is 7. The predicted molar refractivity (Wildman–Crippen MR) is 170 cm³/mol. The summed E-state index contributed by atoms with van der Waals surface area (Å²) in [5.41, 5.74) is 1.77. The molecule has 4 aromatic rings. The average molecular weight is 630 g/mol. The molecule has 1 atom stereocenters. The monoisotopic (exact) mass is 629 g/mol. The van der Waals surface area contributed by atoms with Crippen molar-refractivity contribution in [3.63, 3.8) is 0 Å². The molecule has 1 N–H and O–H groups in total. The first-order chi connectivity index (χ1) is 21.8. The number of amides is 2. The summed E-state index contributed by atoms with van der Waals surface area (Å²) in [5, 5.41) is 2.68. The van der Waals surface area contributed by atoms with Crippen LogP contribution in [0.5, 0.6) is 17.2 Å². The highest BCUT2D eigenvalue weighted by molar-refractivity contribution is 7.92. The highest BCUT2D eigenvalue weighted by Gasteiger charge is 2.35. The normalized spacial score (nSPS) is 12.9. The van der Waals surface area contributed by atoms with Crippen LogP contribution in [0.4, 0.5) is 5.69 Å². The summed E-state index contributed by atoms with van der Waals surface area (Å²) >= 11 is 0. The Hall–Kier alpha value is -5.03. The van der Waals surface area contributed by atoms with E-state index in [9.17, 15) is 18.0 Å². The smallest absolute Gasteiger partial charge is 0.264 e. The van der Waals surface area contributed by atoms with Gasteiger partial charge in [-0.2, -0.15) is 0 Å². The SMILES string of the molecule is CNC(=O)[C@H](Cc1ccccc1)N(Cc1cccc(OC)c1)C(=O)CN(c1ccc2c(c1)OCCO2)S(=O)(=O)c1ccccc1. The van der Waals surface area contributed by atoms with Crippen LogP contribution in [0.15, 0.2) is 108 Å². The molecule has 0 aliphatic carbocycles. The molecular weight excluding hydrogens is 594 g/mol. The van der Waals surface area contributed by atoms with Crippen LogP contribution >= 0.6 is 0 Å². The summed E-state index contributed by atoms with van der Waals surface area (Å²) in [4.78, 5) is 29.3. The third-order valence-corrected chi connectivity index (χ3v) is 9.22. The predicted octanol–water partition coefficient (Wildman–Crippen LogP) is 4.05. The van der Waals surface area contributed by atoms with E-state index in [4.69, 9.17) is 14.2 Å². The largest absolute Gasteiger partial charge is 0.497 e. The number of sulfonamides is 1. The molecule has 4 aromatic carbocycles. The Morgan fingerprint density at radius 1 is 0.844 bits per heavy atom. The Kier molecular flexibility index (Phi) is 9.89. The Balaban J connectivity index is 1.58. The van der Waals surface area contributed by atoms with Crippen LogP contribution in [0.3, 0.4) is 0 Å². The number of carbonyl (C=O) groups is 2. The van der Waals surface area contributed by atoms with Crippen molar-refractivity contribution in [2.24, 2.45) is 0 Å². The van der Waals surface area contributed by atoms with Gasteiger partial charge in [-0.25, -0.2) is 8.42 Å². The molecule has 0 radical (unpaired) electrons. The first kappa shape index (κ1) is 31.4. The van der Waals surface area contributed by atoms with E-state index < -0.39 is 28.5 Å². The van der Waals surface area contributed by atoms with Crippen LogP contribution in [0.25, 0.3) is 0 Å². The van der Waals surface area contributed by atoms with Gasteiger partial charge < -0.3 is 24.4 Å². The Bertz CT molecular complexity index is 1730. The molecule has 0 aromatic heterocycles. The van der Waals surface area contributed by atoms with E-state index in [0.717, 1.165) is 9.87 Å². The molecule has 1 heterocycles. The van der Waals surface area contributed by atoms with Crippen molar-refractivity contribution in [2.45, 2.75) is 23.9 Å². The van der Waals surface area contributed by atoms with Gasteiger partial charge in [0.2, 0.25) is 11.8 Å². The topological polar surface area (TPSA) is 114 Å². The number of fused-ring (bicyclic) bond motifs is 1. The van der Waals surface area contributed by atoms with Gasteiger partial charge >= 0.3 is 0 Å². The van der Waals surface area contributed by atoms with Crippen molar-refractivity contribution in [1.29, 1.82) is 0 Å². The highest BCUT2D eigenvalue weighted by Crippen LogP contribution is 2.36. The Morgan fingerprint density at radius 3 is 2.20 bits per heavy atom. The highest BCUT2D eigenvalue weighted by atomic mass is 32.2. The van der Waals surface area contributed by atoms with Crippen molar-refractivity contribution in [3.8, 4) is 17.2 Å². The average Bonchev–Trinajstić information content (AvgIpc) is 3.08. The van der Waals surface area contributed by atoms with Crippen molar-refractivity contribution in [1.82, 2.24) is 10.2 Å². The third-order valence-electron chi connectivity index (χ3n) is 7.43. The van der Waals surface area contributed by atoms with Gasteiger partial charge in [0.05, 0.1) is 17.7 Å². The molecule has 0 bridgehead atoms. The quantitative estimate of drug-likeness (QED) is 0.252. The van der Waals surface area contributed by atoms with Gasteiger partial charge in [-0.15, -0.1) is 0 Å². The van der Waals surface area contributed by atoms with Crippen molar-refractivity contribution >= 4 is 27.5 Å². The molecule has 5 rings (SSSR count). The van der Waals surface area contributed by atoms with Crippen LogP contribution in [0.1, 0.15) is 11.1 Å². The van der Waals surface area contributed by atoms with Crippen molar-refractivity contribution < 1.29 is 32.2 Å². The minimum Gasteiger partial charge on any atom is -0.497 e. The first-order valence-corrected chi connectivity index (χ1v) is 15.9. The van der Waals surface area contributed by atoms with E-state index in [0.29, 0.717) is 36.0 Å². The summed E-state index contributed by atoms with van der Waals surface area (Å²) in [7, 11) is -1.18. The second kappa shape index (κ2) is 14.2. The molecule has 0 saturated heterocycles. The molecular formula is C34H35N3O7S. The first-order valence-electron chi connectivity index (χ1n) is 14.5. The second-order valence-corrected chi connectivity index (χ2v) is 12.2. The van der Waals surface area contributed by atoms with Crippen LogP contribution in [-0.4, -0.2) is 65.1 Å². The summed E-state index contributed by atoms with van der Waals surface area (Å²) in [5.74, 6) is 0.489. The van der Waals surface area contributed by atoms with E-state index >= 15 is 0 Å². The van der Waals surface area contributed by atoms with Crippen molar-refractivity contribution in [2.75, 3.05) is 38.2 Å². The number of benzene rings is 4. The summed E-state index contributed by atoms with van der Waals surface area (Å²) in [6.45, 7) is 0.130. The molecule has 10 nitrogen and oxygen atoms in total. The Labute approximate surface area is 263 Å². The minimum atomic E-state index is -4.23. The lowest BCUT2D eigenvalue weighted by atomic mass is 10.0. The number of ether oxygens (including phenoxy) is 3. The molecule has 11 heteroatoms. The number of nitrogens with zero attached hydrogens (tertiary/aromatic N) is 2. The van der Waals surface area contributed by atoms with E-state index in [2.05, 4.69) is 5.32 Å². The fourth-order valence-corrected chi connectivity index (χ4v) is 6.55. The molecule has 234 valence electrons. The second-order valence-electron chi connectivity index (χ2n) is 10.3. The number of nitrogens with one attached hydrogen (secondary N) is 1. The molecule has 0 fully saturated rings. The van der Waals surface area contributed by atoms with Crippen molar-refractivity contribution in [3.05, 3.63) is 114 Å². The zero-order valence-corrected chi connectivity index (χ0v) is 25.9. The van der Waals surface area contributed by atoms with E-state index in [1.807, 2.05) is 36.4 Å². The lowest BCUT2D eigenvalue weighted by molar-refractivity contribution is -0.139. The fourth-order valence-electron chi connectivity index (χ4n) is 5.12. The molecule has 0 unspecified atom stereocenters. The van der Waals surface area contributed by atoms with E-state index in [1.54, 1.807) is 61.7 Å². The molecule has 0 saturated carbocycles. The van der Waals surface area contributed by atoms with Gasteiger partial charge in [-0.3, -0.25) is 13.9 Å². The minimum absolute atomic E-state index is 0.0131. The van der Waals surface area contributed by atoms with E-state index in [1.165, 1.54) is 24.1 Å². The number of anilines is 1. The zero-order chi connectivity index (χ0) is 31.8. The maximum atomic E-state index is 14.5. The molecule has 2 amide bonds. The van der Waals surface area contributed by atoms with Gasteiger partial charge in [0.25, 0.3) is 10.0 Å². The molecule has 1 aliphatic heterocycles. The fraction of sp³-hybridized carbons (Fsp3) is 0.235. The van der Waals surface area contributed by atoms with Crippen LogP contribution in [0.2, 0.25) is 0 Å². The van der Waals surface area contributed by atoms with Gasteiger partial charge in [-0.1, -0.05) is 60.7 Å². The molecule has 1 aliphatic rings. The summed E-state index contributed by atoms with van der Waals surface area (Å²) in [6, 6.07) is 28.2. The number of hydrogen-bond donors (Lipinski definition) is 1. The number of rotatable bonds is 12. The van der Waals surface area contributed by atoms with E-state index in [-0.39, 0.29) is 29.5 Å².